The molecule has 0 spiro atoms. The van der Waals surface area contributed by atoms with Gasteiger partial charge in [-0.15, -0.1) is 0 Å². The molecule has 0 aliphatic heterocycles. The van der Waals surface area contributed by atoms with Gasteiger partial charge in [0.25, 0.3) is 0 Å². The summed E-state index contributed by atoms with van der Waals surface area (Å²) in [5.74, 6) is -0.274. The van der Waals surface area contributed by atoms with Crippen molar-refractivity contribution >= 4 is 5.97 Å². The van der Waals surface area contributed by atoms with Crippen LogP contribution in [0.4, 0.5) is 0 Å². The van der Waals surface area contributed by atoms with Crippen LogP contribution in [-0.2, 0) is 4.74 Å². The fourth-order valence-corrected chi connectivity index (χ4v) is 0.665. The molecule has 0 saturated carbocycles. The monoisotopic (exact) mass is 139 g/mol. The molecule has 0 aliphatic rings. The molecule has 3 nitrogen and oxygen atoms in total. The topological polar surface area (TPSA) is 42.1 Å². The molecule has 1 rings (SSSR count). The Morgan fingerprint density at radius 2 is 2.60 bits per heavy atom. The Morgan fingerprint density at radius 3 is 3.10 bits per heavy atom. The van der Waals surface area contributed by atoms with Crippen molar-refractivity contribution in [3.8, 4) is 0 Å². The zero-order chi connectivity index (χ0) is 7.40. The summed E-state index contributed by atoms with van der Waals surface area (Å²) < 4.78 is 4.73. The number of H-pyrrole nitrogens is 1. The lowest BCUT2D eigenvalue weighted by Crippen LogP contribution is -2.02. The maximum absolute atomic E-state index is 10.9. The van der Waals surface area contributed by atoms with Gasteiger partial charge in [-0.05, 0) is 13.0 Å². The zero-order valence-electron chi connectivity index (χ0n) is 5.76. The van der Waals surface area contributed by atoms with Crippen molar-refractivity contribution in [1.82, 2.24) is 4.98 Å². The second-order valence-corrected chi connectivity index (χ2v) is 1.82. The molecule has 1 N–H and O–H groups in total. The highest BCUT2D eigenvalue weighted by Gasteiger charge is 2.03. The second-order valence-electron chi connectivity index (χ2n) is 1.82. The van der Waals surface area contributed by atoms with Crippen LogP contribution in [0, 0.1) is 0 Å². The first kappa shape index (κ1) is 6.86. The number of aromatic amines is 1. The molecular weight excluding hydrogens is 130 g/mol. The van der Waals surface area contributed by atoms with E-state index in [1.54, 1.807) is 25.4 Å². The number of nitrogens with one attached hydrogen (secondary N) is 1. The predicted octanol–water partition coefficient (Wildman–Crippen LogP) is 1.19. The van der Waals surface area contributed by atoms with E-state index in [-0.39, 0.29) is 5.97 Å². The van der Waals surface area contributed by atoms with E-state index in [0.717, 1.165) is 0 Å². The molecule has 0 aliphatic carbocycles. The normalized spacial score (nSPS) is 9.30. The van der Waals surface area contributed by atoms with Gasteiger partial charge in [0.2, 0.25) is 0 Å². The molecule has 1 heterocycles. The summed E-state index contributed by atoms with van der Waals surface area (Å²) in [5, 5.41) is 0. The summed E-state index contributed by atoms with van der Waals surface area (Å²) in [5.41, 5.74) is 0.571. The minimum Gasteiger partial charge on any atom is -0.462 e. The predicted molar refractivity (Wildman–Crippen MR) is 36.7 cm³/mol. The summed E-state index contributed by atoms with van der Waals surface area (Å²) in [6.07, 6.45) is 3.30. The first-order valence-corrected chi connectivity index (χ1v) is 3.14. The van der Waals surface area contributed by atoms with Crippen LogP contribution in [0.15, 0.2) is 18.5 Å². The van der Waals surface area contributed by atoms with Crippen LogP contribution < -0.4 is 0 Å². The highest BCUT2D eigenvalue weighted by Crippen LogP contribution is 1.98. The molecule has 0 atom stereocenters. The number of hydrogen-bond acceptors (Lipinski definition) is 2. The van der Waals surface area contributed by atoms with Crippen LogP contribution in [0.25, 0.3) is 0 Å². The molecule has 10 heavy (non-hydrogen) atoms. The molecule has 0 fully saturated rings. The van der Waals surface area contributed by atoms with Crippen molar-refractivity contribution in [2.24, 2.45) is 0 Å². The Bertz CT molecular complexity index is 203. The van der Waals surface area contributed by atoms with Crippen LogP contribution >= 0.6 is 0 Å². The molecule has 0 aromatic carbocycles. The molecule has 1 aromatic rings. The number of aromatic nitrogens is 1. The Balaban J connectivity index is 2.59. The van der Waals surface area contributed by atoms with E-state index in [9.17, 15) is 4.79 Å². The van der Waals surface area contributed by atoms with Crippen LogP contribution in [0.5, 0.6) is 0 Å². The Kier molecular flexibility index (Phi) is 2.10. The Hall–Kier alpha value is -1.25. The quantitative estimate of drug-likeness (QED) is 0.625. The standard InChI is InChI=1S/C7H9NO2/c1-2-10-7(9)6-3-4-8-5-6/h3-5,8H,2H2,1H3. The minimum atomic E-state index is -0.274. The summed E-state index contributed by atoms with van der Waals surface area (Å²) in [7, 11) is 0. The number of carbonyl (C=O) groups is 1. The van der Waals surface area contributed by atoms with E-state index in [0.29, 0.717) is 12.2 Å². The van der Waals surface area contributed by atoms with E-state index in [4.69, 9.17) is 4.74 Å². The minimum absolute atomic E-state index is 0.274. The highest BCUT2D eigenvalue weighted by atomic mass is 16.5. The van der Waals surface area contributed by atoms with Gasteiger partial charge in [0.05, 0.1) is 12.2 Å². The van der Waals surface area contributed by atoms with Gasteiger partial charge in [-0.25, -0.2) is 4.79 Å². The van der Waals surface area contributed by atoms with Crippen molar-refractivity contribution in [2.75, 3.05) is 6.61 Å². The van der Waals surface area contributed by atoms with E-state index in [1.165, 1.54) is 0 Å². The third-order valence-corrected chi connectivity index (χ3v) is 1.11. The maximum atomic E-state index is 10.9. The fraction of sp³-hybridized carbons (Fsp3) is 0.286. The summed E-state index contributed by atoms with van der Waals surface area (Å²) >= 11 is 0. The van der Waals surface area contributed by atoms with Crippen molar-refractivity contribution in [3.05, 3.63) is 24.0 Å². The third-order valence-electron chi connectivity index (χ3n) is 1.11. The van der Waals surface area contributed by atoms with Gasteiger partial charge in [0.1, 0.15) is 0 Å². The highest BCUT2D eigenvalue weighted by molar-refractivity contribution is 5.89. The molecule has 0 radical (unpaired) electrons. The van der Waals surface area contributed by atoms with Crippen LogP contribution in [0.3, 0.4) is 0 Å². The number of ether oxygens (including phenoxy) is 1. The molecule has 54 valence electrons. The second kappa shape index (κ2) is 3.06. The summed E-state index contributed by atoms with van der Waals surface area (Å²) in [6.45, 7) is 2.20. The molecule has 0 saturated heterocycles. The van der Waals surface area contributed by atoms with Gasteiger partial charge >= 0.3 is 5.97 Å². The summed E-state index contributed by atoms with van der Waals surface area (Å²) in [6, 6.07) is 1.68. The van der Waals surface area contributed by atoms with Crippen molar-refractivity contribution in [3.63, 3.8) is 0 Å². The zero-order valence-corrected chi connectivity index (χ0v) is 5.76. The molecule has 0 amide bonds. The van der Waals surface area contributed by atoms with E-state index >= 15 is 0 Å². The third kappa shape index (κ3) is 1.37. The van der Waals surface area contributed by atoms with Crippen LogP contribution in [0.1, 0.15) is 17.3 Å². The first-order valence-electron chi connectivity index (χ1n) is 3.14. The van der Waals surface area contributed by atoms with Gasteiger partial charge in [0, 0.05) is 12.4 Å². The summed E-state index contributed by atoms with van der Waals surface area (Å²) in [4.78, 5) is 13.6. The van der Waals surface area contributed by atoms with Crippen molar-refractivity contribution in [2.45, 2.75) is 6.92 Å². The van der Waals surface area contributed by atoms with E-state index < -0.39 is 0 Å². The molecule has 1 aromatic heterocycles. The van der Waals surface area contributed by atoms with Crippen LogP contribution in [-0.4, -0.2) is 17.6 Å². The number of hydrogen-bond donors (Lipinski definition) is 1. The lowest BCUT2D eigenvalue weighted by Gasteiger charge is -1.95. The fourth-order valence-electron chi connectivity index (χ4n) is 0.665. The molecule has 0 bridgehead atoms. The molecule has 3 heteroatoms. The average Bonchev–Trinajstić information content (AvgIpc) is 2.38. The smallest absolute Gasteiger partial charge is 0.339 e. The lowest BCUT2D eigenvalue weighted by molar-refractivity contribution is 0.0526. The SMILES string of the molecule is CCOC(=O)c1cc[nH]c1. The van der Waals surface area contributed by atoms with Crippen LogP contribution in [0.2, 0.25) is 0 Å². The molecule has 0 unspecified atom stereocenters. The van der Waals surface area contributed by atoms with Gasteiger partial charge in [-0.1, -0.05) is 0 Å². The average molecular weight is 139 g/mol. The largest absolute Gasteiger partial charge is 0.462 e. The number of carbonyl (C=O) groups excluding carboxylic acids is 1. The van der Waals surface area contributed by atoms with Gasteiger partial charge in [-0.2, -0.15) is 0 Å². The van der Waals surface area contributed by atoms with Crippen molar-refractivity contribution < 1.29 is 9.53 Å². The number of esters is 1. The molecular formula is C7H9NO2. The van der Waals surface area contributed by atoms with Gasteiger partial charge in [-0.3, -0.25) is 0 Å². The van der Waals surface area contributed by atoms with Gasteiger partial charge in [0.15, 0.2) is 0 Å². The first-order chi connectivity index (χ1) is 4.84. The van der Waals surface area contributed by atoms with E-state index in [1.807, 2.05) is 0 Å². The Labute approximate surface area is 59.0 Å². The maximum Gasteiger partial charge on any atom is 0.339 e. The van der Waals surface area contributed by atoms with Crippen molar-refractivity contribution in [1.29, 1.82) is 0 Å². The van der Waals surface area contributed by atoms with Gasteiger partial charge < -0.3 is 9.72 Å². The lowest BCUT2D eigenvalue weighted by atomic mass is 10.3. The Morgan fingerprint density at radius 1 is 1.80 bits per heavy atom. The number of rotatable bonds is 2. The van der Waals surface area contributed by atoms with E-state index in [2.05, 4.69) is 4.98 Å².